The van der Waals surface area contributed by atoms with Crippen LogP contribution in [-0.4, -0.2) is 30.5 Å². The molecule has 0 spiro atoms. The topological polar surface area (TPSA) is 61.0 Å². The van der Waals surface area contributed by atoms with Crippen LogP contribution in [0.25, 0.3) is 0 Å². The van der Waals surface area contributed by atoms with Crippen LogP contribution in [0.2, 0.25) is 0 Å². The van der Waals surface area contributed by atoms with Crippen molar-refractivity contribution in [3.63, 3.8) is 0 Å². The van der Waals surface area contributed by atoms with E-state index in [9.17, 15) is 0 Å². The van der Waals surface area contributed by atoms with Gasteiger partial charge in [-0.15, -0.1) is 21.5 Å². The van der Waals surface area contributed by atoms with Crippen molar-refractivity contribution in [2.45, 2.75) is 25.7 Å². The second kappa shape index (κ2) is 6.86. The molecule has 0 aliphatic rings. The smallest absolute Gasteiger partial charge is 0.117 e. The van der Waals surface area contributed by atoms with Gasteiger partial charge in [0.05, 0.1) is 0 Å². The van der Waals surface area contributed by atoms with E-state index in [1.165, 1.54) is 0 Å². The number of nitrogens with two attached hydrogens (primary N) is 1. The van der Waals surface area contributed by atoms with Crippen LogP contribution in [0.5, 0.6) is 0 Å². The van der Waals surface area contributed by atoms with E-state index in [0.29, 0.717) is 0 Å². The van der Waals surface area contributed by atoms with Gasteiger partial charge in [-0.3, -0.25) is 0 Å². The molecule has 1 rings (SSSR count). The zero-order chi connectivity index (χ0) is 10.2. The molecule has 5 heteroatoms. The Balaban J connectivity index is 2.27. The standard InChI is InChI=1S/C9H17N3OS/c1-13-7-3-5-9-12-11-8(14-9)4-2-6-10/h2-7,10H2,1H3. The van der Waals surface area contributed by atoms with Gasteiger partial charge < -0.3 is 10.5 Å². The van der Waals surface area contributed by atoms with E-state index in [0.717, 1.165) is 48.9 Å². The summed E-state index contributed by atoms with van der Waals surface area (Å²) in [6.45, 7) is 1.51. The number of ether oxygens (including phenoxy) is 1. The van der Waals surface area contributed by atoms with Crippen LogP contribution in [0.1, 0.15) is 22.9 Å². The molecule has 0 fully saturated rings. The van der Waals surface area contributed by atoms with Crippen molar-refractivity contribution >= 4 is 11.3 Å². The first-order chi connectivity index (χ1) is 6.86. The Morgan fingerprint density at radius 1 is 1.21 bits per heavy atom. The van der Waals surface area contributed by atoms with Crippen molar-refractivity contribution in [3.05, 3.63) is 10.0 Å². The molecular formula is C9H17N3OS. The van der Waals surface area contributed by atoms with Gasteiger partial charge in [-0.05, 0) is 19.4 Å². The predicted molar refractivity (Wildman–Crippen MR) is 57.5 cm³/mol. The molecule has 0 atom stereocenters. The van der Waals surface area contributed by atoms with Crippen LogP contribution in [0.3, 0.4) is 0 Å². The Morgan fingerprint density at radius 3 is 2.43 bits per heavy atom. The van der Waals surface area contributed by atoms with Gasteiger partial charge >= 0.3 is 0 Å². The van der Waals surface area contributed by atoms with E-state index in [1.807, 2.05) is 0 Å². The lowest BCUT2D eigenvalue weighted by atomic mass is 10.3. The average Bonchev–Trinajstić information content (AvgIpc) is 2.63. The van der Waals surface area contributed by atoms with Crippen molar-refractivity contribution in [2.24, 2.45) is 5.73 Å². The maximum absolute atomic E-state index is 5.42. The SMILES string of the molecule is COCCCc1nnc(CCCN)s1. The molecule has 80 valence electrons. The minimum absolute atomic E-state index is 0.721. The summed E-state index contributed by atoms with van der Waals surface area (Å²) >= 11 is 1.69. The molecule has 0 unspecified atom stereocenters. The normalized spacial score (nSPS) is 10.7. The summed E-state index contributed by atoms with van der Waals surface area (Å²) in [5.41, 5.74) is 5.42. The summed E-state index contributed by atoms with van der Waals surface area (Å²) in [5, 5.41) is 10.4. The molecule has 4 nitrogen and oxygen atoms in total. The maximum atomic E-state index is 5.42. The Kier molecular flexibility index (Phi) is 5.66. The molecule has 0 aliphatic heterocycles. The van der Waals surface area contributed by atoms with Crippen molar-refractivity contribution in [3.8, 4) is 0 Å². The van der Waals surface area contributed by atoms with Gasteiger partial charge in [0.25, 0.3) is 0 Å². The van der Waals surface area contributed by atoms with E-state index >= 15 is 0 Å². The molecular weight excluding hydrogens is 198 g/mol. The third-order valence-electron chi connectivity index (χ3n) is 1.84. The Morgan fingerprint density at radius 2 is 1.86 bits per heavy atom. The molecule has 1 aromatic heterocycles. The van der Waals surface area contributed by atoms with Gasteiger partial charge in [0, 0.05) is 26.6 Å². The second-order valence-electron chi connectivity index (χ2n) is 3.08. The fourth-order valence-electron chi connectivity index (χ4n) is 1.11. The second-order valence-corrected chi connectivity index (χ2v) is 4.22. The van der Waals surface area contributed by atoms with E-state index < -0.39 is 0 Å². The Labute approximate surface area is 88.5 Å². The minimum Gasteiger partial charge on any atom is -0.385 e. The van der Waals surface area contributed by atoms with Crippen molar-refractivity contribution in [2.75, 3.05) is 20.3 Å². The highest BCUT2D eigenvalue weighted by Gasteiger charge is 2.02. The van der Waals surface area contributed by atoms with Crippen molar-refractivity contribution in [1.29, 1.82) is 0 Å². The molecule has 0 bridgehead atoms. The molecule has 14 heavy (non-hydrogen) atoms. The predicted octanol–water partition coefficient (Wildman–Crippen LogP) is 1.01. The number of nitrogens with zero attached hydrogens (tertiary/aromatic N) is 2. The summed E-state index contributed by atoms with van der Waals surface area (Å²) in [6, 6.07) is 0. The number of hydrogen-bond donors (Lipinski definition) is 1. The molecule has 0 saturated heterocycles. The summed E-state index contributed by atoms with van der Waals surface area (Å²) in [6.07, 6.45) is 3.93. The van der Waals surface area contributed by atoms with Gasteiger partial charge in [-0.25, -0.2) is 0 Å². The lowest BCUT2D eigenvalue weighted by Crippen LogP contribution is -1.99. The fourth-order valence-corrected chi connectivity index (χ4v) is 2.04. The van der Waals surface area contributed by atoms with Crippen molar-refractivity contribution < 1.29 is 4.74 Å². The number of aromatic nitrogens is 2. The first kappa shape index (κ1) is 11.6. The fraction of sp³-hybridized carbons (Fsp3) is 0.778. The van der Waals surface area contributed by atoms with Gasteiger partial charge in [0.1, 0.15) is 10.0 Å². The van der Waals surface area contributed by atoms with Gasteiger partial charge in [0.15, 0.2) is 0 Å². The van der Waals surface area contributed by atoms with Gasteiger partial charge in [-0.2, -0.15) is 0 Å². The first-order valence-corrected chi connectivity index (χ1v) is 5.68. The molecule has 0 saturated carbocycles. The van der Waals surface area contributed by atoms with Gasteiger partial charge in [-0.1, -0.05) is 0 Å². The van der Waals surface area contributed by atoms with E-state index in [4.69, 9.17) is 10.5 Å². The lowest BCUT2D eigenvalue weighted by molar-refractivity contribution is 0.195. The number of aryl methyl sites for hydroxylation is 2. The highest BCUT2D eigenvalue weighted by molar-refractivity contribution is 7.11. The third-order valence-corrected chi connectivity index (χ3v) is 2.89. The number of rotatable bonds is 7. The number of hydrogen-bond acceptors (Lipinski definition) is 5. The van der Waals surface area contributed by atoms with E-state index in [1.54, 1.807) is 18.4 Å². The van der Waals surface area contributed by atoms with Crippen LogP contribution in [0, 0.1) is 0 Å². The zero-order valence-electron chi connectivity index (χ0n) is 8.53. The lowest BCUT2D eigenvalue weighted by Gasteiger charge is -1.94. The molecule has 0 aliphatic carbocycles. The quantitative estimate of drug-likeness (QED) is 0.690. The molecule has 0 radical (unpaired) electrons. The summed E-state index contributed by atoms with van der Waals surface area (Å²) < 4.78 is 4.98. The van der Waals surface area contributed by atoms with Crippen LogP contribution in [0.4, 0.5) is 0 Å². The van der Waals surface area contributed by atoms with Crippen LogP contribution in [0.15, 0.2) is 0 Å². The van der Waals surface area contributed by atoms with Crippen LogP contribution < -0.4 is 5.73 Å². The average molecular weight is 215 g/mol. The molecule has 0 aromatic carbocycles. The third kappa shape index (κ3) is 4.13. The largest absolute Gasteiger partial charge is 0.385 e. The molecule has 2 N–H and O–H groups in total. The molecule has 1 heterocycles. The molecule has 1 aromatic rings. The highest BCUT2D eigenvalue weighted by atomic mass is 32.1. The zero-order valence-corrected chi connectivity index (χ0v) is 9.35. The summed E-state index contributed by atoms with van der Waals surface area (Å²) in [5.74, 6) is 0. The van der Waals surface area contributed by atoms with E-state index in [-0.39, 0.29) is 0 Å². The van der Waals surface area contributed by atoms with Crippen molar-refractivity contribution in [1.82, 2.24) is 10.2 Å². The molecule has 0 amide bonds. The maximum Gasteiger partial charge on any atom is 0.117 e. The van der Waals surface area contributed by atoms with Crippen LogP contribution in [-0.2, 0) is 17.6 Å². The minimum atomic E-state index is 0.721. The monoisotopic (exact) mass is 215 g/mol. The first-order valence-electron chi connectivity index (χ1n) is 4.87. The Bertz CT molecular complexity index is 252. The summed E-state index contributed by atoms with van der Waals surface area (Å²) in [4.78, 5) is 0. The van der Waals surface area contributed by atoms with Gasteiger partial charge in [0.2, 0.25) is 0 Å². The van der Waals surface area contributed by atoms with Crippen LogP contribution >= 0.6 is 11.3 Å². The Hall–Kier alpha value is -0.520. The number of methoxy groups -OCH3 is 1. The van der Waals surface area contributed by atoms with E-state index in [2.05, 4.69) is 10.2 Å². The highest BCUT2D eigenvalue weighted by Crippen LogP contribution is 2.12. The summed E-state index contributed by atoms with van der Waals surface area (Å²) in [7, 11) is 1.72.